The van der Waals surface area contributed by atoms with Crippen LogP contribution in [0.25, 0.3) is 0 Å². The Hall–Kier alpha value is 0.540. The average molecular weight is 400 g/mol. The first-order valence-corrected chi connectivity index (χ1v) is 9.69. The second-order valence-corrected chi connectivity index (χ2v) is 8.43. The third-order valence-corrected chi connectivity index (χ3v) is 8.01. The summed E-state index contributed by atoms with van der Waals surface area (Å²) in [5.74, 6) is 7.53. The number of nitrogens with two attached hydrogens (primary N) is 1. The normalized spacial score (nSPS) is 24.6. The van der Waals surface area contributed by atoms with Gasteiger partial charge in [0.05, 0.1) is 11.1 Å². The summed E-state index contributed by atoms with van der Waals surface area (Å²) in [4.78, 5) is 0. The van der Waals surface area contributed by atoms with Crippen molar-refractivity contribution in [1.82, 2.24) is 5.43 Å². The van der Waals surface area contributed by atoms with Crippen molar-refractivity contribution in [3.05, 3.63) is 33.0 Å². The summed E-state index contributed by atoms with van der Waals surface area (Å²) in [7, 11) is 0. The Morgan fingerprint density at radius 3 is 2.85 bits per heavy atom. The molecular weight excluding hydrogens is 383 g/mol. The van der Waals surface area contributed by atoms with Gasteiger partial charge >= 0.3 is 0 Å². The van der Waals surface area contributed by atoms with E-state index in [-0.39, 0.29) is 16.3 Å². The van der Waals surface area contributed by atoms with Crippen molar-refractivity contribution in [1.29, 1.82) is 0 Å². The number of benzene rings is 1. The molecule has 2 rings (SSSR count). The maximum Gasteiger partial charge on any atom is 0.147 e. The van der Waals surface area contributed by atoms with E-state index in [9.17, 15) is 4.39 Å². The lowest BCUT2D eigenvalue weighted by Crippen LogP contribution is -2.42. The minimum absolute atomic E-state index is 0.115. The fraction of sp³-hybridized carbons (Fsp3) is 0.538. The van der Waals surface area contributed by atoms with Gasteiger partial charge in [-0.3, -0.25) is 11.3 Å². The van der Waals surface area contributed by atoms with Gasteiger partial charge < -0.3 is 0 Å². The van der Waals surface area contributed by atoms with Crippen molar-refractivity contribution in [2.45, 2.75) is 29.9 Å². The molecule has 0 radical (unpaired) electrons. The second kappa shape index (κ2) is 7.70. The highest BCUT2D eigenvalue weighted by Crippen LogP contribution is 2.41. The molecule has 2 nitrogen and oxygen atoms in total. The summed E-state index contributed by atoms with van der Waals surface area (Å²) in [5, 5.41) is 0.830. The third kappa shape index (κ3) is 3.47. The van der Waals surface area contributed by atoms with Gasteiger partial charge in [-0.2, -0.15) is 23.5 Å². The molecule has 0 aliphatic carbocycles. The monoisotopic (exact) mass is 398 g/mol. The molecule has 20 heavy (non-hydrogen) atoms. The zero-order valence-electron chi connectivity index (χ0n) is 11.0. The lowest BCUT2D eigenvalue weighted by molar-refractivity contribution is 0.485. The van der Waals surface area contributed by atoms with E-state index in [4.69, 9.17) is 17.4 Å². The number of hydrazine groups is 1. The largest absolute Gasteiger partial charge is 0.271 e. The van der Waals surface area contributed by atoms with Crippen molar-refractivity contribution in [2.24, 2.45) is 5.84 Å². The van der Waals surface area contributed by atoms with E-state index in [0.29, 0.717) is 15.3 Å². The molecule has 0 amide bonds. The van der Waals surface area contributed by atoms with E-state index in [1.54, 1.807) is 12.1 Å². The van der Waals surface area contributed by atoms with Crippen LogP contribution in [0.1, 0.15) is 24.9 Å². The number of hydrogen-bond acceptors (Lipinski definition) is 4. The molecule has 1 saturated heterocycles. The molecule has 0 saturated carbocycles. The first kappa shape index (κ1) is 16.9. The standard InChI is InChI=1S/C13H17BrClFN2S2/c1-2-9-13(20-6-5-19-9)12(18-17)7-3-4-8(14)10(15)11(7)16/h3-4,9,12-13,18H,2,5-6,17H2,1H3. The molecule has 0 spiro atoms. The summed E-state index contributed by atoms with van der Waals surface area (Å²) in [6.07, 6.45) is 1.05. The topological polar surface area (TPSA) is 38.0 Å². The fourth-order valence-electron chi connectivity index (χ4n) is 2.39. The third-order valence-electron chi connectivity index (χ3n) is 3.40. The van der Waals surface area contributed by atoms with Crippen LogP contribution in [0.2, 0.25) is 5.02 Å². The molecule has 1 aromatic carbocycles. The number of rotatable bonds is 4. The Morgan fingerprint density at radius 1 is 1.50 bits per heavy atom. The van der Waals surface area contributed by atoms with Gasteiger partial charge in [-0.05, 0) is 28.4 Å². The Balaban J connectivity index is 2.34. The van der Waals surface area contributed by atoms with Crippen LogP contribution in [-0.2, 0) is 0 Å². The van der Waals surface area contributed by atoms with Gasteiger partial charge in [-0.25, -0.2) is 4.39 Å². The van der Waals surface area contributed by atoms with Gasteiger partial charge in [0.25, 0.3) is 0 Å². The molecule has 1 fully saturated rings. The van der Waals surface area contributed by atoms with Gasteiger partial charge in [-0.1, -0.05) is 24.6 Å². The van der Waals surface area contributed by atoms with E-state index in [2.05, 4.69) is 28.3 Å². The van der Waals surface area contributed by atoms with E-state index >= 15 is 0 Å². The van der Waals surface area contributed by atoms with Crippen LogP contribution in [0.4, 0.5) is 4.39 Å². The Labute approximate surface area is 140 Å². The predicted octanol–water partition coefficient (Wildman–Crippen LogP) is 4.37. The maximum absolute atomic E-state index is 14.4. The van der Waals surface area contributed by atoms with Crippen LogP contribution in [0.3, 0.4) is 0 Å². The first-order valence-electron chi connectivity index (χ1n) is 6.42. The number of hydrogen-bond donors (Lipinski definition) is 2. The minimum atomic E-state index is -0.394. The van der Waals surface area contributed by atoms with E-state index in [1.807, 2.05) is 23.5 Å². The SMILES string of the molecule is CCC1SCCSC1C(NN)c1ccc(Br)c(Cl)c1F. The average Bonchev–Trinajstić information content (AvgIpc) is 2.48. The Morgan fingerprint density at radius 2 is 2.20 bits per heavy atom. The molecule has 1 aliphatic heterocycles. The van der Waals surface area contributed by atoms with Crippen molar-refractivity contribution in [3.63, 3.8) is 0 Å². The van der Waals surface area contributed by atoms with Gasteiger partial charge in [0.2, 0.25) is 0 Å². The molecule has 3 atom stereocenters. The highest BCUT2D eigenvalue weighted by atomic mass is 79.9. The summed E-state index contributed by atoms with van der Waals surface area (Å²) in [5.41, 5.74) is 3.33. The molecule has 1 heterocycles. The molecule has 0 bridgehead atoms. The van der Waals surface area contributed by atoms with E-state index in [0.717, 1.165) is 17.9 Å². The van der Waals surface area contributed by atoms with Crippen LogP contribution < -0.4 is 11.3 Å². The van der Waals surface area contributed by atoms with Crippen molar-refractivity contribution in [2.75, 3.05) is 11.5 Å². The minimum Gasteiger partial charge on any atom is -0.271 e. The summed E-state index contributed by atoms with van der Waals surface area (Å²) < 4.78 is 15.0. The zero-order valence-corrected chi connectivity index (χ0v) is 15.0. The molecule has 1 aromatic rings. The quantitative estimate of drug-likeness (QED) is 0.448. The predicted molar refractivity (Wildman–Crippen MR) is 92.0 cm³/mol. The number of halogens is 3. The second-order valence-electron chi connectivity index (χ2n) is 4.56. The smallest absolute Gasteiger partial charge is 0.147 e. The molecule has 112 valence electrons. The van der Waals surface area contributed by atoms with Gasteiger partial charge in [-0.15, -0.1) is 0 Å². The fourth-order valence-corrected chi connectivity index (χ4v) is 6.09. The lowest BCUT2D eigenvalue weighted by Gasteiger charge is -2.36. The van der Waals surface area contributed by atoms with Crippen LogP contribution in [0.5, 0.6) is 0 Å². The van der Waals surface area contributed by atoms with Gasteiger partial charge in [0, 0.05) is 32.0 Å². The van der Waals surface area contributed by atoms with Crippen LogP contribution in [0, 0.1) is 5.82 Å². The van der Waals surface area contributed by atoms with Crippen molar-refractivity contribution < 1.29 is 4.39 Å². The van der Waals surface area contributed by atoms with Crippen LogP contribution in [-0.4, -0.2) is 22.0 Å². The summed E-state index contributed by atoms with van der Waals surface area (Å²) >= 11 is 13.0. The van der Waals surface area contributed by atoms with E-state index < -0.39 is 5.82 Å². The van der Waals surface area contributed by atoms with Gasteiger partial charge in [0.1, 0.15) is 5.82 Å². The molecule has 1 aliphatic rings. The molecule has 7 heteroatoms. The molecule has 3 N–H and O–H groups in total. The van der Waals surface area contributed by atoms with Gasteiger partial charge in [0.15, 0.2) is 0 Å². The van der Waals surface area contributed by atoms with Crippen molar-refractivity contribution >= 4 is 51.1 Å². The molecular formula is C13H17BrClFN2S2. The summed E-state index contributed by atoms with van der Waals surface area (Å²) in [6, 6.07) is 3.29. The maximum atomic E-state index is 14.4. The Kier molecular flexibility index (Phi) is 6.51. The highest BCUT2D eigenvalue weighted by Gasteiger charge is 2.34. The lowest BCUT2D eigenvalue weighted by atomic mass is 10.00. The molecule has 3 unspecified atom stereocenters. The molecule has 0 aromatic heterocycles. The van der Waals surface area contributed by atoms with Crippen LogP contribution >= 0.6 is 51.1 Å². The highest BCUT2D eigenvalue weighted by molar-refractivity contribution is 9.10. The first-order chi connectivity index (χ1) is 9.60. The van der Waals surface area contributed by atoms with E-state index in [1.165, 1.54) is 0 Å². The Bertz CT molecular complexity index is 478. The zero-order chi connectivity index (χ0) is 14.7. The van der Waals surface area contributed by atoms with Crippen LogP contribution in [0.15, 0.2) is 16.6 Å². The van der Waals surface area contributed by atoms with Crippen molar-refractivity contribution in [3.8, 4) is 0 Å². The number of nitrogens with one attached hydrogen (secondary N) is 1. The number of thioether (sulfide) groups is 2. The summed E-state index contributed by atoms with van der Waals surface area (Å²) in [6.45, 7) is 2.16.